The first kappa shape index (κ1) is 28.2. The Labute approximate surface area is 157 Å². The van der Waals surface area contributed by atoms with Crippen LogP contribution in [0.15, 0.2) is 34.9 Å². The van der Waals surface area contributed by atoms with Gasteiger partial charge in [-0.1, -0.05) is 13.8 Å². The zero-order valence-electron chi connectivity index (χ0n) is 12.5. The van der Waals surface area contributed by atoms with Crippen LogP contribution in [-0.4, -0.2) is 15.4 Å². The molecule has 0 heterocycles. The van der Waals surface area contributed by atoms with Gasteiger partial charge in [-0.05, 0) is 0 Å². The maximum atomic E-state index is 3.19. The quantitative estimate of drug-likeness (QED) is 0.262. The fourth-order valence-electron chi connectivity index (χ4n) is 1.16. The summed E-state index contributed by atoms with van der Waals surface area (Å²) in [6, 6.07) is 0. The van der Waals surface area contributed by atoms with Crippen molar-refractivity contribution in [3.63, 3.8) is 0 Å². The molecule has 105 valence electrons. The zero-order valence-corrected chi connectivity index (χ0v) is 20.0. The van der Waals surface area contributed by atoms with E-state index in [1.165, 1.54) is 16.7 Å². The van der Waals surface area contributed by atoms with Crippen LogP contribution in [0.4, 0.5) is 0 Å². The molecule has 0 amide bonds. The molecule has 2 aliphatic carbocycles. The summed E-state index contributed by atoms with van der Waals surface area (Å²) < 4.78 is 0. The van der Waals surface area contributed by atoms with Gasteiger partial charge in [0.1, 0.15) is 0 Å². The van der Waals surface area contributed by atoms with Gasteiger partial charge in [0.05, 0.1) is 0 Å². The van der Waals surface area contributed by atoms with E-state index in [1.54, 1.807) is 0 Å². The van der Waals surface area contributed by atoms with E-state index in [0.29, 0.717) is 15.4 Å². The van der Waals surface area contributed by atoms with Crippen LogP contribution in [0, 0.1) is 12.2 Å². The SMILES string of the molecule is CC1=[C-]CC=C1.CC1=[C-]CC=C1C.[CH3][GeH][CH3].[Cl-].[Cl-].[Hf+4]. The number of rotatable bonds is 0. The molecule has 0 aromatic carbocycles. The minimum absolute atomic E-state index is 0. The second-order valence-corrected chi connectivity index (χ2v) is 6.36. The third kappa shape index (κ3) is 16.9. The first-order valence-corrected chi connectivity index (χ1v) is 10.7. The normalized spacial score (nSPS) is 13.8. The monoisotopic (exact) mass is 527 g/mol. The van der Waals surface area contributed by atoms with Crippen LogP contribution in [0.3, 0.4) is 0 Å². The van der Waals surface area contributed by atoms with Crippen LogP contribution < -0.4 is 24.8 Å². The molecule has 0 aliphatic heterocycles. The molecule has 0 saturated carbocycles. The van der Waals surface area contributed by atoms with Crippen LogP contribution in [0.5, 0.6) is 0 Å². The van der Waals surface area contributed by atoms with Gasteiger partial charge >= 0.3 is 52.8 Å². The summed E-state index contributed by atoms with van der Waals surface area (Å²) in [6.45, 7) is 6.28. The van der Waals surface area contributed by atoms with E-state index >= 15 is 0 Å². The summed E-state index contributed by atoms with van der Waals surface area (Å²) in [5.74, 6) is 4.56. The van der Waals surface area contributed by atoms with Gasteiger partial charge in [0.2, 0.25) is 0 Å². The molecule has 2 aliphatic rings. The summed E-state index contributed by atoms with van der Waals surface area (Å²) in [5.41, 5.74) is 3.98. The molecule has 0 N–H and O–H groups in total. The van der Waals surface area contributed by atoms with Crippen molar-refractivity contribution in [1.29, 1.82) is 0 Å². The summed E-state index contributed by atoms with van der Waals surface area (Å²) in [6.07, 6.45) is 14.7. The van der Waals surface area contributed by atoms with E-state index in [2.05, 4.69) is 62.7 Å². The van der Waals surface area contributed by atoms with Gasteiger partial charge in [0, 0.05) is 0 Å². The molecular weight excluding hydrogens is 502 g/mol. The predicted molar refractivity (Wildman–Crippen MR) is 75.9 cm³/mol. The van der Waals surface area contributed by atoms with Crippen molar-refractivity contribution >= 4 is 15.4 Å². The van der Waals surface area contributed by atoms with Crippen molar-refractivity contribution < 1.29 is 50.7 Å². The fraction of sp³-hybridized carbons (Fsp3) is 0.467. The fourth-order valence-corrected chi connectivity index (χ4v) is 1.16. The van der Waals surface area contributed by atoms with Crippen molar-refractivity contribution in [2.24, 2.45) is 0 Å². The molecule has 4 heteroatoms. The first-order chi connectivity index (χ1) is 7.61. The number of hydrogen-bond donors (Lipinski definition) is 0. The minimum atomic E-state index is 0. The van der Waals surface area contributed by atoms with Crippen LogP contribution >= 0.6 is 0 Å². The van der Waals surface area contributed by atoms with Crippen molar-refractivity contribution in [3.05, 3.63) is 47.1 Å². The van der Waals surface area contributed by atoms with Crippen LogP contribution in [0.25, 0.3) is 0 Å². The molecule has 1 radical (unpaired) electrons. The third-order valence-corrected chi connectivity index (χ3v) is 2.23. The molecule has 0 saturated heterocycles. The van der Waals surface area contributed by atoms with E-state index in [-0.39, 0.29) is 50.7 Å². The van der Waals surface area contributed by atoms with Crippen molar-refractivity contribution in [2.45, 2.75) is 45.1 Å². The largest absolute Gasteiger partial charge is 4.00 e. The Morgan fingerprint density at radius 1 is 1.00 bits per heavy atom. The Kier molecular flexibility index (Phi) is 28.1. The average molecular weight is 525 g/mol. The Morgan fingerprint density at radius 2 is 1.53 bits per heavy atom. The van der Waals surface area contributed by atoms with Gasteiger partial charge in [-0.15, -0.1) is 19.8 Å². The first-order valence-electron chi connectivity index (χ1n) is 5.84. The second-order valence-electron chi connectivity index (χ2n) is 3.94. The molecule has 19 heavy (non-hydrogen) atoms. The van der Waals surface area contributed by atoms with Crippen LogP contribution in [-0.2, 0) is 25.8 Å². The van der Waals surface area contributed by atoms with E-state index in [1.807, 2.05) is 0 Å². The van der Waals surface area contributed by atoms with E-state index in [4.69, 9.17) is 0 Å². The van der Waals surface area contributed by atoms with E-state index in [9.17, 15) is 0 Å². The van der Waals surface area contributed by atoms with Crippen molar-refractivity contribution in [1.82, 2.24) is 0 Å². The molecule has 0 unspecified atom stereocenters. The zero-order chi connectivity index (χ0) is 12.4. The Hall–Kier alpha value is 0.953. The smallest absolute Gasteiger partial charge is 1.00 e. The van der Waals surface area contributed by atoms with Gasteiger partial charge in [0.15, 0.2) is 0 Å². The van der Waals surface area contributed by atoms with Gasteiger partial charge in [-0.25, -0.2) is 22.8 Å². The Morgan fingerprint density at radius 3 is 1.63 bits per heavy atom. The second kappa shape index (κ2) is 19.0. The van der Waals surface area contributed by atoms with Crippen molar-refractivity contribution in [2.75, 3.05) is 0 Å². The van der Waals surface area contributed by atoms with E-state index < -0.39 is 0 Å². The summed E-state index contributed by atoms with van der Waals surface area (Å²) in [7, 11) is 0. The van der Waals surface area contributed by atoms with Crippen molar-refractivity contribution in [3.8, 4) is 0 Å². The van der Waals surface area contributed by atoms with Crippen LogP contribution in [0.1, 0.15) is 33.6 Å². The molecule has 0 aromatic rings. The Bertz CT molecular complexity index is 299. The maximum Gasteiger partial charge on any atom is 4.00 e. The number of allylic oxidation sites excluding steroid dienone is 8. The molecule has 0 spiro atoms. The molecule has 2 rings (SSSR count). The maximum absolute atomic E-state index is 3.19. The summed E-state index contributed by atoms with van der Waals surface area (Å²) >= 11 is 0.312. The molecule has 0 bridgehead atoms. The predicted octanol–water partition coefficient (Wildman–Crippen LogP) is -1.69. The summed E-state index contributed by atoms with van der Waals surface area (Å²) in [5, 5.41) is 0. The standard InChI is InChI=1S/C7H9.C6H7.C2H7Ge.2ClH.Hf/c1-6-4-3-5-7(6)2;1-6-4-2-3-5-6;1-3-2;;;/h4H,3H2,1-2H3;2,4H,3H2,1H3;3H,1-2H3;2*1H;/q2*-1;;;;+4/p-2. The number of halogens is 2. The van der Waals surface area contributed by atoms with Gasteiger partial charge in [0.25, 0.3) is 0 Å². The molecular formula is C15H23Cl2GeHf. The Balaban J connectivity index is -0.0000000877. The van der Waals surface area contributed by atoms with Gasteiger partial charge in [-0.2, -0.15) is 12.2 Å². The summed E-state index contributed by atoms with van der Waals surface area (Å²) in [4.78, 5) is 0. The van der Waals surface area contributed by atoms with Crippen LogP contribution in [0.2, 0.25) is 11.5 Å². The molecule has 0 atom stereocenters. The number of hydrogen-bond acceptors (Lipinski definition) is 0. The molecule has 0 fully saturated rings. The molecule has 0 nitrogen and oxygen atoms in total. The molecule has 0 aromatic heterocycles. The van der Waals surface area contributed by atoms with E-state index in [0.717, 1.165) is 12.8 Å². The minimum Gasteiger partial charge on any atom is -1.00 e. The average Bonchev–Trinajstić information content (AvgIpc) is 2.83. The topological polar surface area (TPSA) is 0 Å². The third-order valence-electron chi connectivity index (χ3n) is 2.23. The van der Waals surface area contributed by atoms with Gasteiger partial charge < -0.3 is 24.8 Å². The van der Waals surface area contributed by atoms with Gasteiger partial charge in [-0.3, -0.25) is 12.2 Å².